The first-order valence-electron chi connectivity index (χ1n) is 3.79. The zero-order valence-electron chi connectivity index (χ0n) is 6.49. The fraction of sp³-hybridized carbons (Fsp3) is 0.100. The maximum Gasteiger partial charge on any atom is 0.150 e. The first-order valence-corrected chi connectivity index (χ1v) is 4.78. The van der Waals surface area contributed by atoms with Crippen molar-refractivity contribution in [2.75, 3.05) is 5.75 Å². The monoisotopic (exact) mass is 176 g/mol. The average molecular weight is 176 g/mol. The molecule has 1 aromatic carbocycles. The van der Waals surface area contributed by atoms with Gasteiger partial charge in [-0.1, -0.05) is 24.3 Å². The van der Waals surface area contributed by atoms with E-state index in [4.69, 9.17) is 0 Å². The van der Waals surface area contributed by atoms with E-state index in [0.717, 1.165) is 23.2 Å². The highest BCUT2D eigenvalue weighted by Gasteiger charge is 2.10. The van der Waals surface area contributed by atoms with Gasteiger partial charge in [0, 0.05) is 16.2 Å². The molecule has 1 heterocycles. The molecule has 2 rings (SSSR count). The molecule has 2 heteroatoms. The van der Waals surface area contributed by atoms with Crippen LogP contribution in [0, 0.1) is 0 Å². The lowest BCUT2D eigenvalue weighted by molar-refractivity contribution is -0.103. The third kappa shape index (κ3) is 1.18. The van der Waals surface area contributed by atoms with Gasteiger partial charge in [0.2, 0.25) is 0 Å². The summed E-state index contributed by atoms with van der Waals surface area (Å²) in [7, 11) is 0. The molecule has 60 valence electrons. The Bertz CT molecular complexity index is 341. The van der Waals surface area contributed by atoms with Gasteiger partial charge < -0.3 is 0 Å². The second-order valence-corrected chi connectivity index (χ2v) is 3.65. The molecule has 0 N–H and O–H groups in total. The van der Waals surface area contributed by atoms with Crippen molar-refractivity contribution in [2.24, 2.45) is 0 Å². The smallest absolute Gasteiger partial charge is 0.150 e. The molecule has 1 aliphatic heterocycles. The van der Waals surface area contributed by atoms with Gasteiger partial charge in [-0.25, -0.2) is 0 Å². The van der Waals surface area contributed by atoms with Crippen LogP contribution in [0.4, 0.5) is 0 Å². The Balaban J connectivity index is 2.55. The van der Waals surface area contributed by atoms with Crippen molar-refractivity contribution in [1.82, 2.24) is 0 Å². The number of hydrogen-bond acceptors (Lipinski definition) is 2. The van der Waals surface area contributed by atoms with Gasteiger partial charge in [-0.05, 0) is 11.6 Å². The van der Waals surface area contributed by atoms with Gasteiger partial charge in [0.1, 0.15) is 6.29 Å². The Kier molecular flexibility index (Phi) is 2.00. The van der Waals surface area contributed by atoms with Crippen LogP contribution in [0.25, 0.3) is 5.57 Å². The molecule has 1 nitrogen and oxygen atoms in total. The van der Waals surface area contributed by atoms with E-state index in [-0.39, 0.29) is 0 Å². The average Bonchev–Trinajstić information content (AvgIpc) is 2.17. The molecule has 0 atom stereocenters. The molecule has 1 aliphatic rings. The number of hydrogen-bond donors (Lipinski definition) is 0. The highest BCUT2D eigenvalue weighted by atomic mass is 32.2. The minimum Gasteiger partial charge on any atom is -0.298 e. The molecule has 0 bridgehead atoms. The van der Waals surface area contributed by atoms with Crippen LogP contribution in [0.1, 0.15) is 5.56 Å². The molecule has 0 fully saturated rings. The Morgan fingerprint density at radius 3 is 3.00 bits per heavy atom. The quantitative estimate of drug-likeness (QED) is 0.611. The lowest BCUT2D eigenvalue weighted by atomic mass is 10.1. The van der Waals surface area contributed by atoms with E-state index in [1.54, 1.807) is 11.8 Å². The summed E-state index contributed by atoms with van der Waals surface area (Å²) >= 11 is 1.77. The molecule has 0 saturated heterocycles. The molecule has 1 aromatic rings. The zero-order valence-corrected chi connectivity index (χ0v) is 7.30. The van der Waals surface area contributed by atoms with Crippen LogP contribution in [0.2, 0.25) is 0 Å². The maximum atomic E-state index is 10.6. The fourth-order valence-electron chi connectivity index (χ4n) is 1.27. The summed E-state index contributed by atoms with van der Waals surface area (Å²) in [5.41, 5.74) is 1.90. The lowest BCUT2D eigenvalue weighted by Crippen LogP contribution is -1.95. The molecule has 0 unspecified atom stereocenters. The van der Waals surface area contributed by atoms with Crippen LogP contribution < -0.4 is 0 Å². The van der Waals surface area contributed by atoms with Crippen molar-refractivity contribution in [1.29, 1.82) is 0 Å². The first kappa shape index (κ1) is 7.62. The SMILES string of the molecule is O=CC1=CCSc2ccccc21. The Labute approximate surface area is 75.5 Å². The number of carbonyl (C=O) groups excluding carboxylic acids is 1. The topological polar surface area (TPSA) is 17.1 Å². The summed E-state index contributed by atoms with van der Waals surface area (Å²) in [5, 5.41) is 0. The molecule has 12 heavy (non-hydrogen) atoms. The van der Waals surface area contributed by atoms with Gasteiger partial charge in [-0.2, -0.15) is 0 Å². The van der Waals surface area contributed by atoms with E-state index < -0.39 is 0 Å². The molecule has 0 aromatic heterocycles. The third-order valence-corrected chi connectivity index (χ3v) is 2.87. The molecule has 0 radical (unpaired) electrons. The summed E-state index contributed by atoms with van der Waals surface area (Å²) in [6, 6.07) is 8.00. The second kappa shape index (κ2) is 3.15. The maximum absolute atomic E-state index is 10.6. The van der Waals surface area contributed by atoms with Crippen molar-refractivity contribution in [3.05, 3.63) is 35.9 Å². The van der Waals surface area contributed by atoms with Crippen LogP contribution in [0.15, 0.2) is 35.2 Å². The largest absolute Gasteiger partial charge is 0.298 e. The van der Waals surface area contributed by atoms with Gasteiger partial charge in [0.25, 0.3) is 0 Å². The standard InChI is InChI=1S/C10H8OS/c11-7-8-5-6-12-10-4-2-1-3-9(8)10/h1-5,7H,6H2. The second-order valence-electron chi connectivity index (χ2n) is 2.58. The number of allylic oxidation sites excluding steroid dienone is 1. The third-order valence-electron chi connectivity index (χ3n) is 1.87. The summed E-state index contributed by atoms with van der Waals surface area (Å²) in [5.74, 6) is 0.908. The van der Waals surface area contributed by atoms with Crippen molar-refractivity contribution >= 4 is 23.6 Å². The van der Waals surface area contributed by atoms with E-state index in [0.29, 0.717) is 0 Å². The van der Waals surface area contributed by atoms with Crippen LogP contribution in [-0.2, 0) is 4.79 Å². The van der Waals surface area contributed by atoms with Gasteiger partial charge in [0.15, 0.2) is 0 Å². The van der Waals surface area contributed by atoms with Gasteiger partial charge in [0.05, 0.1) is 0 Å². The van der Waals surface area contributed by atoms with Gasteiger partial charge in [-0.15, -0.1) is 11.8 Å². The van der Waals surface area contributed by atoms with E-state index >= 15 is 0 Å². The Hall–Kier alpha value is -1.02. The summed E-state index contributed by atoms with van der Waals surface area (Å²) in [4.78, 5) is 11.9. The van der Waals surface area contributed by atoms with E-state index in [1.807, 2.05) is 24.3 Å². The van der Waals surface area contributed by atoms with E-state index in [1.165, 1.54) is 4.90 Å². The van der Waals surface area contributed by atoms with Gasteiger partial charge >= 0.3 is 0 Å². The number of thioether (sulfide) groups is 1. The Morgan fingerprint density at radius 1 is 1.33 bits per heavy atom. The zero-order chi connectivity index (χ0) is 8.39. The van der Waals surface area contributed by atoms with E-state index in [2.05, 4.69) is 6.07 Å². The number of carbonyl (C=O) groups is 1. The molecular weight excluding hydrogens is 168 g/mol. The van der Waals surface area contributed by atoms with Crippen molar-refractivity contribution in [3.63, 3.8) is 0 Å². The minimum atomic E-state index is 0.823. The fourth-order valence-corrected chi connectivity index (χ4v) is 2.23. The molecular formula is C10H8OS. The number of fused-ring (bicyclic) bond motifs is 1. The van der Waals surface area contributed by atoms with E-state index in [9.17, 15) is 4.79 Å². The minimum absolute atomic E-state index is 0.823. The van der Waals surface area contributed by atoms with Crippen LogP contribution in [-0.4, -0.2) is 12.0 Å². The number of aldehydes is 1. The highest BCUT2D eigenvalue weighted by molar-refractivity contribution is 7.99. The van der Waals surface area contributed by atoms with Crippen molar-refractivity contribution in [2.45, 2.75) is 4.90 Å². The predicted molar refractivity (Wildman–Crippen MR) is 51.2 cm³/mol. The first-order chi connectivity index (χ1) is 5.92. The van der Waals surface area contributed by atoms with Crippen molar-refractivity contribution in [3.8, 4) is 0 Å². The molecule has 0 aliphatic carbocycles. The normalized spacial score (nSPS) is 14.8. The van der Waals surface area contributed by atoms with Gasteiger partial charge in [-0.3, -0.25) is 4.79 Å². The van der Waals surface area contributed by atoms with Crippen LogP contribution >= 0.6 is 11.8 Å². The lowest BCUT2D eigenvalue weighted by Gasteiger charge is -2.12. The highest BCUT2D eigenvalue weighted by Crippen LogP contribution is 2.31. The van der Waals surface area contributed by atoms with Crippen LogP contribution in [0.5, 0.6) is 0 Å². The van der Waals surface area contributed by atoms with Crippen LogP contribution in [0.3, 0.4) is 0 Å². The molecule has 0 amide bonds. The number of benzene rings is 1. The summed E-state index contributed by atoms with van der Waals surface area (Å²) in [6.45, 7) is 0. The van der Waals surface area contributed by atoms with Crippen molar-refractivity contribution < 1.29 is 4.79 Å². The molecule has 0 spiro atoms. The summed E-state index contributed by atoms with van der Waals surface area (Å²) < 4.78 is 0. The summed E-state index contributed by atoms with van der Waals surface area (Å²) in [6.07, 6.45) is 2.90. The molecule has 0 saturated carbocycles. The number of rotatable bonds is 1. The predicted octanol–water partition coefficient (Wildman–Crippen LogP) is 2.37. The Morgan fingerprint density at radius 2 is 2.17 bits per heavy atom.